The first-order valence-electron chi connectivity index (χ1n) is 4.18. The average Bonchev–Trinajstić information content (AvgIpc) is 2.35. The summed E-state index contributed by atoms with van der Waals surface area (Å²) in [5.74, 6) is 8.43. The van der Waals surface area contributed by atoms with Gasteiger partial charge < -0.3 is 0 Å². The van der Waals surface area contributed by atoms with Crippen LogP contribution in [0.3, 0.4) is 0 Å². The van der Waals surface area contributed by atoms with E-state index in [-0.39, 0.29) is 16.7 Å². The largest absolute Gasteiger partial charge is 0.290 e. The average molecular weight is 221 g/mol. The third kappa shape index (κ3) is 2.05. The number of benzene rings is 1. The van der Waals surface area contributed by atoms with Crippen LogP contribution < -0.4 is 22.5 Å². The van der Waals surface area contributed by atoms with E-state index in [1.807, 2.05) is 10.9 Å². The highest BCUT2D eigenvalue weighted by Crippen LogP contribution is 2.13. The summed E-state index contributed by atoms with van der Waals surface area (Å²) < 4.78 is 0. The van der Waals surface area contributed by atoms with Crippen LogP contribution in [0.5, 0.6) is 0 Å². The minimum atomic E-state index is -0.766. The van der Waals surface area contributed by atoms with E-state index < -0.39 is 11.8 Å². The minimum absolute atomic E-state index is 0.0497. The van der Waals surface area contributed by atoms with E-state index in [0.717, 1.165) is 0 Å². The molecule has 0 aliphatic heterocycles. The zero-order chi connectivity index (χ0) is 12.1. The highest BCUT2D eigenvalue weighted by Gasteiger charge is 2.19. The van der Waals surface area contributed by atoms with Crippen molar-refractivity contribution in [1.82, 2.24) is 10.9 Å². The van der Waals surface area contributed by atoms with Crippen molar-refractivity contribution < 1.29 is 14.4 Å². The number of carbonyl (C=O) groups excluding carboxylic acids is 3. The van der Waals surface area contributed by atoms with Crippen LogP contribution in [0.1, 0.15) is 26.3 Å². The molecular formula is C9H9N4O3. The molecule has 2 amide bonds. The topological polar surface area (TPSA) is 127 Å². The fourth-order valence-corrected chi connectivity index (χ4v) is 1.22. The number of hydrogen-bond acceptors (Lipinski definition) is 5. The molecule has 0 aliphatic rings. The molecule has 83 valence electrons. The normalized spacial score (nSPS) is 9.38. The number of nitrogens with one attached hydrogen (secondary N) is 2. The lowest BCUT2D eigenvalue weighted by Gasteiger charge is -2.08. The van der Waals surface area contributed by atoms with E-state index in [4.69, 9.17) is 11.7 Å². The number of carbonyl (C=O) groups is 2. The Morgan fingerprint density at radius 3 is 2.25 bits per heavy atom. The second kappa shape index (κ2) is 5.01. The van der Waals surface area contributed by atoms with Crippen molar-refractivity contribution in [2.45, 2.75) is 0 Å². The van der Waals surface area contributed by atoms with E-state index in [2.05, 4.69) is 0 Å². The lowest BCUT2D eigenvalue weighted by atomic mass is 10.0. The number of nitrogens with two attached hydrogens (primary N) is 2. The number of amides is 2. The summed E-state index contributed by atoms with van der Waals surface area (Å²) in [5.41, 5.74) is 3.42. The van der Waals surface area contributed by atoms with Crippen molar-refractivity contribution in [3.05, 3.63) is 34.9 Å². The SMILES string of the molecule is NNC(=O)c1cccc([C]=O)c1C(=O)NN. The molecule has 0 aliphatic carbocycles. The predicted molar refractivity (Wildman–Crippen MR) is 54.5 cm³/mol. The van der Waals surface area contributed by atoms with E-state index in [1.165, 1.54) is 18.2 Å². The third-order valence-electron chi connectivity index (χ3n) is 1.91. The van der Waals surface area contributed by atoms with Gasteiger partial charge in [-0.3, -0.25) is 25.2 Å². The monoisotopic (exact) mass is 221 g/mol. The summed E-state index contributed by atoms with van der Waals surface area (Å²) in [7, 11) is 0. The highest BCUT2D eigenvalue weighted by molar-refractivity contribution is 6.11. The Morgan fingerprint density at radius 1 is 1.12 bits per heavy atom. The highest BCUT2D eigenvalue weighted by atomic mass is 16.2. The number of nitrogen functional groups attached to an aromatic ring is 2. The van der Waals surface area contributed by atoms with Gasteiger partial charge in [-0.25, -0.2) is 11.7 Å². The summed E-state index contributed by atoms with van der Waals surface area (Å²) in [6.45, 7) is 0. The Kier molecular flexibility index (Phi) is 3.70. The smallest absolute Gasteiger partial charge is 0.266 e. The summed E-state index contributed by atoms with van der Waals surface area (Å²) in [6.07, 6.45) is 1.54. The molecule has 0 aromatic heterocycles. The second-order valence-electron chi connectivity index (χ2n) is 2.78. The fraction of sp³-hybridized carbons (Fsp3) is 0. The van der Waals surface area contributed by atoms with Crippen molar-refractivity contribution in [3.63, 3.8) is 0 Å². The van der Waals surface area contributed by atoms with Gasteiger partial charge in [0.2, 0.25) is 6.29 Å². The van der Waals surface area contributed by atoms with Gasteiger partial charge in [0, 0.05) is 5.56 Å². The van der Waals surface area contributed by atoms with Gasteiger partial charge in [0.1, 0.15) is 0 Å². The fourth-order valence-electron chi connectivity index (χ4n) is 1.22. The first-order valence-corrected chi connectivity index (χ1v) is 4.18. The van der Waals surface area contributed by atoms with E-state index >= 15 is 0 Å². The van der Waals surface area contributed by atoms with Crippen LogP contribution in [-0.2, 0) is 4.79 Å². The molecule has 1 radical (unpaired) electrons. The Morgan fingerprint density at radius 2 is 1.75 bits per heavy atom. The lowest BCUT2D eigenvalue weighted by molar-refractivity contribution is 0.0919. The molecule has 7 nitrogen and oxygen atoms in total. The van der Waals surface area contributed by atoms with Crippen molar-refractivity contribution in [1.29, 1.82) is 0 Å². The van der Waals surface area contributed by atoms with E-state index in [1.54, 1.807) is 6.29 Å². The maximum absolute atomic E-state index is 11.4. The molecule has 7 heteroatoms. The molecule has 0 heterocycles. The number of hydrazine groups is 2. The molecular weight excluding hydrogens is 212 g/mol. The van der Waals surface area contributed by atoms with Gasteiger partial charge in [0.05, 0.1) is 11.1 Å². The lowest BCUT2D eigenvalue weighted by Crippen LogP contribution is -2.36. The minimum Gasteiger partial charge on any atom is -0.290 e. The first-order chi connectivity index (χ1) is 7.65. The molecule has 1 aromatic carbocycles. The van der Waals surface area contributed by atoms with Crippen LogP contribution in [0.4, 0.5) is 0 Å². The quantitative estimate of drug-likeness (QED) is 0.276. The zero-order valence-corrected chi connectivity index (χ0v) is 8.11. The molecule has 0 unspecified atom stereocenters. The van der Waals surface area contributed by atoms with Gasteiger partial charge in [-0.1, -0.05) is 12.1 Å². The molecule has 16 heavy (non-hydrogen) atoms. The molecule has 0 saturated carbocycles. The molecule has 0 fully saturated rings. The predicted octanol–water partition coefficient (Wildman–Crippen LogP) is -1.65. The van der Waals surface area contributed by atoms with Crippen LogP contribution in [0, 0.1) is 0 Å². The molecule has 0 bridgehead atoms. The molecule has 0 atom stereocenters. The number of hydrogen-bond donors (Lipinski definition) is 4. The maximum atomic E-state index is 11.4. The second-order valence-corrected chi connectivity index (χ2v) is 2.78. The van der Waals surface area contributed by atoms with Gasteiger partial charge in [0.25, 0.3) is 11.8 Å². The zero-order valence-electron chi connectivity index (χ0n) is 8.11. The Balaban J connectivity index is 3.43. The van der Waals surface area contributed by atoms with E-state index in [0.29, 0.717) is 0 Å². The Hall–Kier alpha value is -2.25. The van der Waals surface area contributed by atoms with Crippen molar-refractivity contribution in [3.8, 4) is 0 Å². The van der Waals surface area contributed by atoms with Crippen LogP contribution in [-0.4, -0.2) is 18.1 Å². The summed E-state index contributed by atoms with van der Waals surface area (Å²) >= 11 is 0. The van der Waals surface area contributed by atoms with Crippen molar-refractivity contribution >= 4 is 18.1 Å². The molecule has 1 aromatic rings. The Bertz CT molecular complexity index is 444. The van der Waals surface area contributed by atoms with Crippen molar-refractivity contribution in [2.24, 2.45) is 11.7 Å². The molecule has 1 rings (SSSR count). The summed E-state index contributed by atoms with van der Waals surface area (Å²) in [4.78, 5) is 33.3. The van der Waals surface area contributed by atoms with Gasteiger partial charge in [-0.15, -0.1) is 0 Å². The Labute approximate surface area is 90.7 Å². The molecule has 0 spiro atoms. The molecule has 6 N–H and O–H groups in total. The van der Waals surface area contributed by atoms with E-state index in [9.17, 15) is 14.4 Å². The number of rotatable bonds is 3. The molecule has 0 saturated heterocycles. The van der Waals surface area contributed by atoms with Gasteiger partial charge >= 0.3 is 0 Å². The van der Waals surface area contributed by atoms with Crippen LogP contribution in [0.2, 0.25) is 0 Å². The standard InChI is InChI=1S/C9H9N4O3/c10-12-8(15)6-3-1-2-5(4-14)7(6)9(16)13-11/h1-3H,10-11H2,(H,12,15)(H,13,16). The van der Waals surface area contributed by atoms with Crippen LogP contribution in [0.25, 0.3) is 0 Å². The van der Waals surface area contributed by atoms with Crippen LogP contribution >= 0.6 is 0 Å². The first kappa shape index (κ1) is 11.8. The summed E-state index contributed by atoms with van der Waals surface area (Å²) in [6, 6.07) is 4.11. The van der Waals surface area contributed by atoms with Gasteiger partial charge in [-0.05, 0) is 6.07 Å². The van der Waals surface area contributed by atoms with Gasteiger partial charge in [0.15, 0.2) is 0 Å². The summed E-state index contributed by atoms with van der Waals surface area (Å²) in [5, 5.41) is 0. The third-order valence-corrected chi connectivity index (χ3v) is 1.91. The van der Waals surface area contributed by atoms with Crippen LogP contribution in [0.15, 0.2) is 18.2 Å². The maximum Gasteiger partial charge on any atom is 0.266 e. The van der Waals surface area contributed by atoms with Gasteiger partial charge in [-0.2, -0.15) is 0 Å². The van der Waals surface area contributed by atoms with Crippen molar-refractivity contribution in [2.75, 3.05) is 0 Å².